The topological polar surface area (TPSA) is 26.0 Å². The van der Waals surface area contributed by atoms with Crippen LogP contribution in [0.15, 0.2) is 60.7 Å². The lowest BCUT2D eigenvalue weighted by Gasteiger charge is -2.00. The number of hydrogen-bond donors (Lipinski definition) is 1. The van der Waals surface area contributed by atoms with E-state index in [1.807, 2.05) is 6.92 Å². The van der Waals surface area contributed by atoms with Gasteiger partial charge in [-0.15, -0.1) is 0 Å². The Bertz CT molecular complexity index is 330. The van der Waals surface area contributed by atoms with Crippen LogP contribution in [-0.4, -0.2) is 6.54 Å². The Morgan fingerprint density at radius 1 is 0.750 bits per heavy atom. The van der Waals surface area contributed by atoms with Crippen LogP contribution in [0.3, 0.4) is 0 Å². The molecule has 0 bridgehead atoms. The van der Waals surface area contributed by atoms with Gasteiger partial charge in [0.2, 0.25) is 0 Å². The molecule has 0 unspecified atom stereocenters. The zero-order valence-corrected chi connectivity index (χ0v) is 9.77. The van der Waals surface area contributed by atoms with Crippen LogP contribution >= 0.6 is 0 Å². The maximum absolute atomic E-state index is 4.85. The minimum atomic E-state index is 0.750. The minimum absolute atomic E-state index is 0.750. The van der Waals surface area contributed by atoms with Crippen molar-refractivity contribution in [3.8, 4) is 0 Å². The molecular formula is C15H19N. The third-order valence-electron chi connectivity index (χ3n) is 2.09. The van der Waals surface area contributed by atoms with Crippen LogP contribution in [0.5, 0.6) is 0 Å². The molecule has 84 valence electrons. The molecule has 0 aromatic heterocycles. The fourth-order valence-electron chi connectivity index (χ4n) is 1.43. The molecule has 0 radical (unpaired) electrons. The Morgan fingerprint density at radius 2 is 1.06 bits per heavy atom. The van der Waals surface area contributed by atoms with E-state index in [1.54, 1.807) is 0 Å². The van der Waals surface area contributed by atoms with Gasteiger partial charge in [-0.05, 0) is 24.1 Å². The van der Waals surface area contributed by atoms with Crippen LogP contribution in [0.4, 0.5) is 0 Å². The van der Waals surface area contributed by atoms with E-state index in [0.29, 0.717) is 0 Å². The molecule has 0 atom stereocenters. The predicted molar refractivity (Wildman–Crippen MR) is 70.4 cm³/mol. The molecule has 0 saturated heterocycles. The van der Waals surface area contributed by atoms with Crippen LogP contribution in [0.1, 0.15) is 18.1 Å². The Morgan fingerprint density at radius 3 is 1.38 bits per heavy atom. The summed E-state index contributed by atoms with van der Waals surface area (Å²) in [4.78, 5) is 0. The van der Waals surface area contributed by atoms with Gasteiger partial charge in [-0.1, -0.05) is 67.6 Å². The first-order valence-corrected chi connectivity index (χ1v) is 5.64. The first kappa shape index (κ1) is 12.5. The van der Waals surface area contributed by atoms with Crippen molar-refractivity contribution >= 4 is 0 Å². The Hall–Kier alpha value is -1.60. The van der Waals surface area contributed by atoms with E-state index < -0.39 is 0 Å². The van der Waals surface area contributed by atoms with E-state index in [2.05, 4.69) is 60.7 Å². The van der Waals surface area contributed by atoms with Crippen LogP contribution in [0.25, 0.3) is 0 Å². The van der Waals surface area contributed by atoms with E-state index in [-0.39, 0.29) is 0 Å². The molecule has 0 amide bonds. The van der Waals surface area contributed by atoms with E-state index in [9.17, 15) is 0 Å². The summed E-state index contributed by atoms with van der Waals surface area (Å²) >= 11 is 0. The fourth-order valence-corrected chi connectivity index (χ4v) is 1.43. The van der Waals surface area contributed by atoms with Gasteiger partial charge in [0.1, 0.15) is 0 Å². The third kappa shape index (κ3) is 4.76. The van der Waals surface area contributed by atoms with Crippen molar-refractivity contribution in [2.75, 3.05) is 6.54 Å². The summed E-state index contributed by atoms with van der Waals surface area (Å²) in [7, 11) is 0. The fraction of sp³-hybridized carbons (Fsp3) is 0.200. The molecule has 0 heterocycles. The average Bonchev–Trinajstić information content (AvgIpc) is 2.33. The second-order valence-electron chi connectivity index (χ2n) is 3.56. The molecule has 2 aromatic carbocycles. The molecule has 0 spiro atoms. The van der Waals surface area contributed by atoms with Gasteiger partial charge < -0.3 is 5.73 Å². The molecular weight excluding hydrogens is 194 g/mol. The normalized spacial score (nSPS) is 9.12. The second-order valence-corrected chi connectivity index (χ2v) is 3.56. The van der Waals surface area contributed by atoms with Crippen LogP contribution in [0, 0.1) is 0 Å². The van der Waals surface area contributed by atoms with Crippen LogP contribution in [-0.2, 0) is 6.42 Å². The molecule has 0 fully saturated rings. The second kappa shape index (κ2) is 7.66. The molecule has 0 saturated carbocycles. The minimum Gasteiger partial charge on any atom is -0.331 e. The zero-order chi connectivity index (χ0) is 11.6. The lowest BCUT2D eigenvalue weighted by atomic mass is 10.1. The average molecular weight is 213 g/mol. The van der Waals surface area contributed by atoms with Crippen molar-refractivity contribution in [2.45, 2.75) is 13.3 Å². The van der Waals surface area contributed by atoms with Gasteiger partial charge in [-0.25, -0.2) is 0 Å². The number of rotatable bonds is 2. The molecule has 16 heavy (non-hydrogen) atoms. The lowest BCUT2D eigenvalue weighted by Crippen LogP contribution is -1.87. The van der Waals surface area contributed by atoms with Crippen molar-refractivity contribution in [1.29, 1.82) is 0 Å². The Balaban J connectivity index is 0.000000386. The quantitative estimate of drug-likeness (QED) is 0.814. The third-order valence-corrected chi connectivity index (χ3v) is 2.09. The summed E-state index contributed by atoms with van der Waals surface area (Å²) in [6.07, 6.45) is 1.03. The van der Waals surface area contributed by atoms with E-state index in [1.165, 1.54) is 11.1 Å². The van der Waals surface area contributed by atoms with E-state index in [0.717, 1.165) is 13.0 Å². The van der Waals surface area contributed by atoms with Gasteiger partial charge >= 0.3 is 0 Å². The predicted octanol–water partition coefficient (Wildman–Crippen LogP) is 3.24. The number of benzene rings is 2. The maximum atomic E-state index is 4.85. The van der Waals surface area contributed by atoms with Gasteiger partial charge in [0.05, 0.1) is 0 Å². The molecule has 1 nitrogen and oxygen atoms in total. The summed E-state index contributed by atoms with van der Waals surface area (Å²) < 4.78 is 0. The van der Waals surface area contributed by atoms with Crippen molar-refractivity contribution in [1.82, 2.24) is 0 Å². The molecule has 2 N–H and O–H groups in total. The highest BCUT2D eigenvalue weighted by Gasteiger charge is 1.92. The Labute approximate surface area is 97.9 Å². The van der Waals surface area contributed by atoms with Crippen molar-refractivity contribution in [3.05, 3.63) is 71.8 Å². The standard InChI is InChI=1S/C13H12.C2H7N/c1-3-7-12(8-4-1)11-13-9-5-2-6-10-13;1-2-3/h1-10H,11H2;2-3H2,1H3. The SMILES string of the molecule is CCN.c1ccc(Cc2ccccc2)cc1. The summed E-state index contributed by atoms with van der Waals surface area (Å²) in [5, 5.41) is 0. The molecule has 0 aliphatic rings. The molecule has 0 aliphatic heterocycles. The highest BCUT2D eigenvalue weighted by Crippen LogP contribution is 2.07. The van der Waals surface area contributed by atoms with Crippen molar-refractivity contribution < 1.29 is 0 Å². The number of nitrogens with two attached hydrogens (primary N) is 1. The van der Waals surface area contributed by atoms with E-state index >= 15 is 0 Å². The first-order chi connectivity index (χ1) is 7.86. The van der Waals surface area contributed by atoms with Gasteiger partial charge in [-0.2, -0.15) is 0 Å². The first-order valence-electron chi connectivity index (χ1n) is 5.64. The maximum Gasteiger partial charge on any atom is -0.00258 e. The molecule has 1 heteroatoms. The van der Waals surface area contributed by atoms with Crippen LogP contribution in [0.2, 0.25) is 0 Å². The van der Waals surface area contributed by atoms with Crippen molar-refractivity contribution in [3.63, 3.8) is 0 Å². The van der Waals surface area contributed by atoms with E-state index in [4.69, 9.17) is 5.73 Å². The highest BCUT2D eigenvalue weighted by molar-refractivity contribution is 5.25. The summed E-state index contributed by atoms with van der Waals surface area (Å²) in [5.74, 6) is 0. The summed E-state index contributed by atoms with van der Waals surface area (Å²) in [6.45, 7) is 2.65. The zero-order valence-electron chi connectivity index (χ0n) is 9.77. The molecule has 0 aliphatic carbocycles. The Kier molecular flexibility index (Phi) is 5.97. The molecule has 2 rings (SSSR count). The largest absolute Gasteiger partial charge is 0.331 e. The number of hydrogen-bond acceptors (Lipinski definition) is 1. The summed E-state index contributed by atoms with van der Waals surface area (Å²) in [5.41, 5.74) is 7.59. The smallest absolute Gasteiger partial charge is 0.00258 e. The van der Waals surface area contributed by atoms with Crippen LogP contribution < -0.4 is 5.73 Å². The molecule has 2 aromatic rings. The van der Waals surface area contributed by atoms with Crippen molar-refractivity contribution in [2.24, 2.45) is 5.73 Å². The van der Waals surface area contributed by atoms with Gasteiger partial charge in [0.15, 0.2) is 0 Å². The van der Waals surface area contributed by atoms with Gasteiger partial charge in [-0.3, -0.25) is 0 Å². The van der Waals surface area contributed by atoms with Gasteiger partial charge in [0, 0.05) is 0 Å². The van der Waals surface area contributed by atoms with Gasteiger partial charge in [0.25, 0.3) is 0 Å². The highest BCUT2D eigenvalue weighted by atomic mass is 14.5. The summed E-state index contributed by atoms with van der Waals surface area (Å²) in [6, 6.07) is 21.1. The lowest BCUT2D eigenvalue weighted by molar-refractivity contribution is 1.14. The monoisotopic (exact) mass is 213 g/mol.